The number of nitrogens with zero attached hydrogens (tertiary/aromatic N) is 2. The van der Waals surface area contributed by atoms with Crippen LogP contribution in [-0.2, 0) is 13.1 Å². The van der Waals surface area contributed by atoms with Gasteiger partial charge in [-0.3, -0.25) is 9.78 Å². The molecular weight excluding hydrogens is 375 g/mol. The molecule has 0 fully saturated rings. The van der Waals surface area contributed by atoms with Crippen LogP contribution in [-0.4, -0.2) is 15.8 Å². The van der Waals surface area contributed by atoms with Gasteiger partial charge in [0.05, 0.1) is 18.4 Å². The quantitative estimate of drug-likeness (QED) is 0.649. The molecule has 0 saturated heterocycles. The number of hydrogen-bond donors (Lipinski definition) is 0. The maximum absolute atomic E-state index is 14.2. The molecule has 0 aliphatic carbocycles. The molecule has 3 rings (SSSR count). The highest BCUT2D eigenvalue weighted by molar-refractivity contribution is 9.10. The van der Waals surface area contributed by atoms with Crippen LogP contribution in [0.25, 0.3) is 0 Å². The Bertz CT molecular complexity index is 822. The lowest BCUT2D eigenvalue weighted by Gasteiger charge is -2.22. The summed E-state index contributed by atoms with van der Waals surface area (Å²) >= 11 is 3.20. The number of benzene rings is 1. The third kappa shape index (κ3) is 3.89. The predicted octanol–water partition coefficient (Wildman–Crippen LogP) is 4.42. The summed E-state index contributed by atoms with van der Waals surface area (Å²) in [5.74, 6) is -0.338. The van der Waals surface area contributed by atoms with Crippen molar-refractivity contribution < 1.29 is 13.6 Å². The molecule has 2 aromatic heterocycles. The first-order valence-corrected chi connectivity index (χ1v) is 8.08. The van der Waals surface area contributed by atoms with E-state index in [2.05, 4.69) is 20.9 Å². The van der Waals surface area contributed by atoms with Crippen LogP contribution in [0.4, 0.5) is 4.39 Å². The zero-order valence-corrected chi connectivity index (χ0v) is 14.2. The van der Waals surface area contributed by atoms with Crippen molar-refractivity contribution in [3.05, 3.63) is 88.3 Å². The highest BCUT2D eigenvalue weighted by Gasteiger charge is 2.21. The summed E-state index contributed by atoms with van der Waals surface area (Å²) in [6.07, 6.45) is 4.89. The third-order valence-electron chi connectivity index (χ3n) is 3.47. The summed E-state index contributed by atoms with van der Waals surface area (Å²) in [5, 5.41) is 0. The number of carbonyl (C=O) groups excluding carboxylic acids is 1. The summed E-state index contributed by atoms with van der Waals surface area (Å²) in [6, 6.07) is 11.6. The van der Waals surface area contributed by atoms with Gasteiger partial charge in [0, 0.05) is 23.4 Å². The van der Waals surface area contributed by atoms with E-state index in [0.717, 1.165) is 5.56 Å². The molecule has 0 aliphatic heterocycles. The maximum atomic E-state index is 14.2. The minimum absolute atomic E-state index is 0.0219. The molecule has 4 nitrogen and oxygen atoms in total. The largest absolute Gasteiger partial charge is 0.467 e. The van der Waals surface area contributed by atoms with Crippen molar-refractivity contribution >= 4 is 21.8 Å². The van der Waals surface area contributed by atoms with Gasteiger partial charge in [0.2, 0.25) is 0 Å². The van der Waals surface area contributed by atoms with Gasteiger partial charge in [-0.1, -0.05) is 22.0 Å². The van der Waals surface area contributed by atoms with Crippen molar-refractivity contribution in [3.63, 3.8) is 0 Å². The van der Waals surface area contributed by atoms with E-state index in [-0.39, 0.29) is 12.1 Å². The summed E-state index contributed by atoms with van der Waals surface area (Å²) in [6.45, 7) is 0.555. The highest BCUT2D eigenvalue weighted by atomic mass is 79.9. The Morgan fingerprint density at radius 2 is 2.08 bits per heavy atom. The van der Waals surface area contributed by atoms with E-state index in [1.54, 1.807) is 42.9 Å². The van der Waals surface area contributed by atoms with Crippen LogP contribution in [0.5, 0.6) is 0 Å². The monoisotopic (exact) mass is 388 g/mol. The van der Waals surface area contributed by atoms with Crippen molar-refractivity contribution in [2.24, 2.45) is 0 Å². The lowest BCUT2D eigenvalue weighted by atomic mass is 10.1. The van der Waals surface area contributed by atoms with Crippen molar-refractivity contribution in [2.75, 3.05) is 0 Å². The average molecular weight is 389 g/mol. The molecule has 0 saturated carbocycles. The maximum Gasteiger partial charge on any atom is 0.257 e. The Labute approximate surface area is 147 Å². The standard InChI is InChI=1S/C18H14BrFN2O2/c19-14-5-6-16(17(20)9-14)18(23)22(12-15-4-2-8-24-15)11-13-3-1-7-21-10-13/h1-10H,11-12H2. The Morgan fingerprint density at radius 1 is 1.21 bits per heavy atom. The lowest BCUT2D eigenvalue weighted by Crippen LogP contribution is -2.30. The van der Waals surface area contributed by atoms with Gasteiger partial charge in [0.15, 0.2) is 0 Å². The third-order valence-corrected chi connectivity index (χ3v) is 3.97. The van der Waals surface area contributed by atoms with Crippen molar-refractivity contribution in [3.8, 4) is 0 Å². The minimum atomic E-state index is -0.565. The van der Waals surface area contributed by atoms with Crippen LogP contribution in [0.1, 0.15) is 21.7 Å². The van der Waals surface area contributed by atoms with Crippen LogP contribution in [0, 0.1) is 5.82 Å². The molecule has 122 valence electrons. The molecule has 0 bridgehead atoms. The second kappa shape index (κ2) is 7.40. The summed E-state index contributed by atoms with van der Waals surface area (Å²) < 4.78 is 20.1. The Hall–Kier alpha value is -2.47. The molecule has 24 heavy (non-hydrogen) atoms. The SMILES string of the molecule is O=C(c1ccc(Br)cc1F)N(Cc1cccnc1)Cc1ccco1. The number of halogens is 2. The topological polar surface area (TPSA) is 46.3 Å². The van der Waals surface area contributed by atoms with Gasteiger partial charge in [-0.25, -0.2) is 4.39 Å². The van der Waals surface area contributed by atoms with E-state index in [1.165, 1.54) is 17.0 Å². The molecule has 0 aliphatic rings. The molecule has 0 unspecified atom stereocenters. The number of furan rings is 1. The Balaban J connectivity index is 1.89. The number of rotatable bonds is 5. The highest BCUT2D eigenvalue weighted by Crippen LogP contribution is 2.19. The fourth-order valence-electron chi connectivity index (χ4n) is 2.34. The van der Waals surface area contributed by atoms with E-state index in [9.17, 15) is 9.18 Å². The van der Waals surface area contributed by atoms with Gasteiger partial charge < -0.3 is 9.32 Å². The van der Waals surface area contributed by atoms with E-state index in [4.69, 9.17) is 4.42 Å². The van der Waals surface area contributed by atoms with Gasteiger partial charge in [0.1, 0.15) is 11.6 Å². The van der Waals surface area contributed by atoms with Crippen LogP contribution in [0.15, 0.2) is 70.0 Å². The van der Waals surface area contributed by atoms with Crippen molar-refractivity contribution in [1.82, 2.24) is 9.88 Å². The minimum Gasteiger partial charge on any atom is -0.467 e. The number of amides is 1. The fraction of sp³-hybridized carbons (Fsp3) is 0.111. The molecule has 1 aromatic carbocycles. The van der Waals surface area contributed by atoms with E-state index < -0.39 is 11.7 Å². The predicted molar refractivity (Wildman–Crippen MR) is 90.6 cm³/mol. The molecule has 0 radical (unpaired) electrons. The second-order valence-electron chi connectivity index (χ2n) is 5.23. The zero-order valence-electron chi connectivity index (χ0n) is 12.7. The van der Waals surface area contributed by atoms with Gasteiger partial charge in [-0.15, -0.1) is 0 Å². The first-order chi connectivity index (χ1) is 11.6. The summed E-state index contributed by atoms with van der Waals surface area (Å²) in [5.41, 5.74) is 0.878. The Morgan fingerprint density at radius 3 is 2.75 bits per heavy atom. The van der Waals surface area contributed by atoms with Crippen LogP contribution in [0.2, 0.25) is 0 Å². The molecule has 1 amide bonds. The van der Waals surface area contributed by atoms with Crippen LogP contribution < -0.4 is 0 Å². The van der Waals surface area contributed by atoms with Crippen molar-refractivity contribution in [1.29, 1.82) is 0 Å². The van der Waals surface area contributed by atoms with Crippen molar-refractivity contribution in [2.45, 2.75) is 13.1 Å². The molecule has 0 atom stereocenters. The number of aromatic nitrogens is 1. The molecule has 0 N–H and O–H groups in total. The van der Waals surface area contributed by atoms with Gasteiger partial charge in [-0.05, 0) is 42.0 Å². The first-order valence-electron chi connectivity index (χ1n) is 7.29. The number of carbonyl (C=O) groups is 1. The van der Waals surface area contributed by atoms with Crippen LogP contribution >= 0.6 is 15.9 Å². The van der Waals surface area contributed by atoms with Crippen LogP contribution in [0.3, 0.4) is 0 Å². The van der Waals surface area contributed by atoms with E-state index in [1.807, 2.05) is 6.07 Å². The average Bonchev–Trinajstić information content (AvgIpc) is 3.08. The summed E-state index contributed by atoms with van der Waals surface area (Å²) in [7, 11) is 0. The number of hydrogen-bond acceptors (Lipinski definition) is 3. The second-order valence-corrected chi connectivity index (χ2v) is 6.14. The van der Waals surface area contributed by atoms with E-state index >= 15 is 0 Å². The molecule has 3 aromatic rings. The Kier molecular flexibility index (Phi) is 5.05. The smallest absolute Gasteiger partial charge is 0.257 e. The summed E-state index contributed by atoms with van der Waals surface area (Å²) in [4.78, 5) is 18.4. The molecular formula is C18H14BrFN2O2. The zero-order chi connectivity index (χ0) is 16.9. The molecule has 2 heterocycles. The first kappa shape index (κ1) is 16.4. The number of pyridine rings is 1. The van der Waals surface area contributed by atoms with Gasteiger partial charge in [-0.2, -0.15) is 0 Å². The van der Waals surface area contributed by atoms with Gasteiger partial charge >= 0.3 is 0 Å². The lowest BCUT2D eigenvalue weighted by molar-refractivity contribution is 0.0712. The molecule has 6 heteroatoms. The normalized spacial score (nSPS) is 10.6. The fourth-order valence-corrected chi connectivity index (χ4v) is 2.67. The van der Waals surface area contributed by atoms with Gasteiger partial charge in [0.25, 0.3) is 5.91 Å². The molecule has 0 spiro atoms. The van der Waals surface area contributed by atoms with E-state index in [0.29, 0.717) is 16.8 Å².